The van der Waals surface area contributed by atoms with E-state index in [1.165, 1.54) is 0 Å². The summed E-state index contributed by atoms with van der Waals surface area (Å²) in [5, 5.41) is 22.3. The Morgan fingerprint density at radius 1 is 1.32 bits per heavy atom. The lowest BCUT2D eigenvalue weighted by atomic mass is 10.1. The third-order valence-corrected chi connectivity index (χ3v) is 2.70. The first-order valence-electron chi connectivity index (χ1n) is 6.74. The fourth-order valence-electron chi connectivity index (χ4n) is 1.67. The van der Waals surface area contributed by atoms with Gasteiger partial charge in [-0.2, -0.15) is 0 Å². The van der Waals surface area contributed by atoms with Crippen molar-refractivity contribution in [2.45, 2.75) is 26.4 Å². The highest BCUT2D eigenvalue weighted by atomic mass is 16.6. The number of benzene rings is 1. The lowest BCUT2D eigenvalue weighted by Crippen LogP contribution is -2.26. The molecular weight excluding hydrogens is 292 g/mol. The molecule has 1 aromatic rings. The van der Waals surface area contributed by atoms with Gasteiger partial charge in [0.25, 0.3) is 11.6 Å². The Kier molecular flexibility index (Phi) is 6.46. The van der Waals surface area contributed by atoms with E-state index in [-0.39, 0.29) is 17.2 Å². The molecule has 0 aliphatic heterocycles. The molecule has 0 aliphatic rings. The minimum atomic E-state index is -1.33. The van der Waals surface area contributed by atoms with Crippen molar-refractivity contribution in [3.8, 4) is 0 Å². The number of carbonyl (C=O) groups excluding carboxylic acids is 1. The molecule has 0 radical (unpaired) electrons. The van der Waals surface area contributed by atoms with Gasteiger partial charge in [-0.25, -0.2) is 4.79 Å². The normalized spacial score (nSPS) is 10.5. The quantitative estimate of drug-likeness (QED) is 0.429. The molecule has 22 heavy (non-hydrogen) atoms. The highest BCUT2D eigenvalue weighted by Gasteiger charge is 2.17. The molecule has 8 nitrogen and oxygen atoms in total. The van der Waals surface area contributed by atoms with Crippen molar-refractivity contribution >= 4 is 17.6 Å². The Bertz CT molecular complexity index is 538. The molecule has 0 spiro atoms. The van der Waals surface area contributed by atoms with Crippen molar-refractivity contribution in [3.63, 3.8) is 0 Å². The second-order valence-electron chi connectivity index (χ2n) is 4.86. The number of hydrogen-bond acceptors (Lipinski definition) is 5. The predicted molar refractivity (Wildman–Crippen MR) is 78.1 cm³/mol. The fraction of sp³-hybridized carbons (Fsp3) is 0.429. The summed E-state index contributed by atoms with van der Waals surface area (Å²) < 4.78 is 5.31. The summed E-state index contributed by atoms with van der Waals surface area (Å²) >= 11 is 0. The summed E-state index contributed by atoms with van der Waals surface area (Å²) in [7, 11) is 0. The van der Waals surface area contributed by atoms with Crippen molar-refractivity contribution in [2.75, 3.05) is 13.2 Å². The van der Waals surface area contributed by atoms with E-state index in [1.807, 2.05) is 13.8 Å². The monoisotopic (exact) mass is 310 g/mol. The van der Waals surface area contributed by atoms with Crippen molar-refractivity contribution < 1.29 is 24.4 Å². The van der Waals surface area contributed by atoms with Crippen LogP contribution in [0.25, 0.3) is 0 Å². The molecule has 0 aromatic heterocycles. The molecule has 0 saturated heterocycles. The van der Waals surface area contributed by atoms with Gasteiger partial charge < -0.3 is 15.2 Å². The number of carboxylic acid groups (broad SMARTS) is 1. The van der Waals surface area contributed by atoms with E-state index in [4.69, 9.17) is 9.84 Å². The van der Waals surface area contributed by atoms with Gasteiger partial charge in [-0.1, -0.05) is 0 Å². The lowest BCUT2D eigenvalue weighted by Gasteiger charge is -2.08. The number of carboxylic acids is 1. The van der Waals surface area contributed by atoms with Crippen LogP contribution < -0.4 is 5.32 Å². The van der Waals surface area contributed by atoms with Crippen LogP contribution in [-0.4, -0.2) is 41.2 Å². The van der Waals surface area contributed by atoms with Crippen LogP contribution in [0.1, 0.15) is 41.0 Å². The van der Waals surface area contributed by atoms with E-state index < -0.39 is 22.5 Å². The van der Waals surface area contributed by atoms with Crippen LogP contribution in [0.15, 0.2) is 18.2 Å². The van der Waals surface area contributed by atoms with Gasteiger partial charge >= 0.3 is 5.97 Å². The van der Waals surface area contributed by atoms with Crippen molar-refractivity contribution in [1.29, 1.82) is 0 Å². The van der Waals surface area contributed by atoms with Crippen LogP contribution in [0.2, 0.25) is 0 Å². The molecule has 8 heteroatoms. The number of nitro groups is 1. The van der Waals surface area contributed by atoms with E-state index in [0.717, 1.165) is 18.2 Å². The second-order valence-corrected chi connectivity index (χ2v) is 4.86. The SMILES string of the molecule is CC(C)OCCCNC(=O)c1cc(C(=O)O)cc([N+](=O)[O-])c1. The summed E-state index contributed by atoms with van der Waals surface area (Å²) in [5.41, 5.74) is -0.799. The molecule has 0 atom stereocenters. The first-order valence-corrected chi connectivity index (χ1v) is 6.74. The zero-order chi connectivity index (χ0) is 16.7. The van der Waals surface area contributed by atoms with E-state index in [0.29, 0.717) is 19.6 Å². The third-order valence-electron chi connectivity index (χ3n) is 2.70. The molecular formula is C14H18N2O6. The van der Waals surface area contributed by atoms with Gasteiger partial charge in [0.2, 0.25) is 0 Å². The van der Waals surface area contributed by atoms with E-state index in [9.17, 15) is 19.7 Å². The standard InChI is InChI=1S/C14H18N2O6/c1-9(2)22-5-3-4-15-13(17)10-6-11(14(18)19)8-12(7-10)16(20)21/h6-9H,3-5H2,1-2H3,(H,15,17)(H,18,19). The zero-order valence-corrected chi connectivity index (χ0v) is 12.4. The number of amides is 1. The lowest BCUT2D eigenvalue weighted by molar-refractivity contribution is -0.384. The fourth-order valence-corrected chi connectivity index (χ4v) is 1.67. The van der Waals surface area contributed by atoms with Gasteiger partial charge in [-0.3, -0.25) is 14.9 Å². The minimum absolute atomic E-state index is 0.0589. The number of nitrogens with zero attached hydrogens (tertiary/aromatic N) is 1. The molecule has 0 aliphatic carbocycles. The van der Waals surface area contributed by atoms with Gasteiger partial charge in [0.1, 0.15) is 0 Å². The summed E-state index contributed by atoms with van der Waals surface area (Å²) in [4.78, 5) is 32.9. The predicted octanol–water partition coefficient (Wildman–Crippen LogP) is 1.84. The van der Waals surface area contributed by atoms with Crippen LogP contribution in [0.4, 0.5) is 5.69 Å². The molecule has 1 aromatic carbocycles. The van der Waals surface area contributed by atoms with E-state index >= 15 is 0 Å². The highest BCUT2D eigenvalue weighted by Crippen LogP contribution is 2.17. The molecule has 0 saturated carbocycles. The van der Waals surface area contributed by atoms with Gasteiger partial charge in [0, 0.05) is 30.8 Å². The Hall–Kier alpha value is -2.48. The second kappa shape index (κ2) is 8.08. The van der Waals surface area contributed by atoms with Crippen molar-refractivity contribution in [3.05, 3.63) is 39.4 Å². The number of aromatic carboxylic acids is 1. The van der Waals surface area contributed by atoms with Crippen molar-refractivity contribution in [2.24, 2.45) is 0 Å². The minimum Gasteiger partial charge on any atom is -0.478 e. The molecule has 2 N–H and O–H groups in total. The Morgan fingerprint density at radius 2 is 1.95 bits per heavy atom. The van der Waals surface area contributed by atoms with Gasteiger partial charge in [0.15, 0.2) is 0 Å². The highest BCUT2D eigenvalue weighted by molar-refractivity contribution is 5.98. The summed E-state index contributed by atoms with van der Waals surface area (Å²) in [5.74, 6) is -1.89. The average Bonchev–Trinajstić information content (AvgIpc) is 2.45. The number of non-ortho nitro benzene ring substituents is 1. The van der Waals surface area contributed by atoms with E-state index in [2.05, 4.69) is 5.32 Å². The molecule has 0 bridgehead atoms. The number of ether oxygens (including phenoxy) is 1. The maximum absolute atomic E-state index is 11.9. The number of hydrogen-bond donors (Lipinski definition) is 2. The first-order chi connectivity index (χ1) is 10.3. The maximum atomic E-state index is 11.9. The van der Waals surface area contributed by atoms with Gasteiger partial charge in [-0.15, -0.1) is 0 Å². The first kappa shape index (κ1) is 17.6. The molecule has 1 rings (SSSR count). The van der Waals surface area contributed by atoms with Crippen LogP contribution >= 0.6 is 0 Å². The Balaban J connectivity index is 2.72. The molecule has 120 valence electrons. The smallest absolute Gasteiger partial charge is 0.335 e. The third kappa shape index (κ3) is 5.49. The molecule has 0 fully saturated rings. The molecule has 1 amide bonds. The summed E-state index contributed by atoms with van der Waals surface area (Å²) in [6, 6.07) is 3.07. The van der Waals surface area contributed by atoms with Crippen molar-refractivity contribution in [1.82, 2.24) is 5.32 Å². The zero-order valence-electron chi connectivity index (χ0n) is 12.4. The topological polar surface area (TPSA) is 119 Å². The average molecular weight is 310 g/mol. The maximum Gasteiger partial charge on any atom is 0.335 e. The number of nitro benzene ring substituents is 1. The largest absolute Gasteiger partial charge is 0.478 e. The molecule has 0 unspecified atom stereocenters. The van der Waals surface area contributed by atoms with Crippen LogP contribution in [0.5, 0.6) is 0 Å². The van der Waals surface area contributed by atoms with Crippen LogP contribution in [0, 0.1) is 10.1 Å². The van der Waals surface area contributed by atoms with E-state index in [1.54, 1.807) is 0 Å². The number of carbonyl (C=O) groups is 2. The summed E-state index contributed by atoms with van der Waals surface area (Å²) in [6.07, 6.45) is 0.690. The number of rotatable bonds is 8. The molecule has 0 heterocycles. The number of nitrogens with one attached hydrogen (secondary N) is 1. The van der Waals surface area contributed by atoms with Crippen LogP contribution in [0.3, 0.4) is 0 Å². The van der Waals surface area contributed by atoms with Gasteiger partial charge in [0.05, 0.1) is 16.6 Å². The van der Waals surface area contributed by atoms with Gasteiger partial charge in [-0.05, 0) is 26.3 Å². The summed E-state index contributed by atoms with van der Waals surface area (Å²) in [6.45, 7) is 4.61. The Morgan fingerprint density at radius 3 is 2.50 bits per heavy atom. The van der Waals surface area contributed by atoms with Crippen LogP contribution in [-0.2, 0) is 4.74 Å². The Labute approximate surface area is 127 Å².